The Balaban J connectivity index is 1.96. The van der Waals surface area contributed by atoms with Crippen LogP contribution < -0.4 is 5.32 Å². The maximum Gasteiger partial charge on any atom is 0.252 e. The monoisotopic (exact) mass is 269 g/mol. The van der Waals surface area contributed by atoms with Crippen molar-refractivity contribution >= 4 is 25.4 Å². The molecule has 1 N–H and O–H groups in total. The van der Waals surface area contributed by atoms with Crippen LogP contribution >= 0.6 is 11.6 Å². The van der Waals surface area contributed by atoms with Gasteiger partial charge in [-0.1, -0.05) is 29.8 Å². The summed E-state index contributed by atoms with van der Waals surface area (Å²) in [5.74, 6) is -4.08. The summed E-state index contributed by atoms with van der Waals surface area (Å²) in [6.45, 7) is 0. The van der Waals surface area contributed by atoms with Gasteiger partial charge in [-0.15, -0.1) is 0 Å². The average molecular weight is 269 g/mol. The molecule has 1 saturated carbocycles. The smallest absolute Gasteiger partial charge is 0.252 e. The van der Waals surface area contributed by atoms with Gasteiger partial charge in [0.1, 0.15) is 0 Å². The maximum atomic E-state index is 12.6. The number of carbonyl (C=O) groups excluding carboxylic acids is 1. The Kier molecular flexibility index (Phi) is 3.62. The van der Waals surface area contributed by atoms with E-state index >= 15 is 0 Å². The van der Waals surface area contributed by atoms with Gasteiger partial charge in [-0.3, -0.25) is 4.79 Å². The van der Waals surface area contributed by atoms with E-state index < -0.39 is 23.7 Å². The van der Waals surface area contributed by atoms with E-state index in [1.807, 2.05) is 0 Å². The molecule has 1 unspecified atom stereocenters. The van der Waals surface area contributed by atoms with E-state index in [1.165, 1.54) is 0 Å². The van der Waals surface area contributed by atoms with Gasteiger partial charge in [0.05, 0.1) is 7.85 Å². The van der Waals surface area contributed by atoms with Crippen molar-refractivity contribution < 1.29 is 13.6 Å². The van der Waals surface area contributed by atoms with Crippen LogP contribution in [0, 0.1) is 0 Å². The summed E-state index contributed by atoms with van der Waals surface area (Å²) in [5, 5.41) is 2.88. The van der Waals surface area contributed by atoms with Crippen molar-refractivity contribution in [1.82, 2.24) is 5.32 Å². The van der Waals surface area contributed by atoms with Crippen LogP contribution in [0.3, 0.4) is 0 Å². The van der Waals surface area contributed by atoms with Crippen LogP contribution in [-0.4, -0.2) is 25.7 Å². The SMILES string of the molecule is [B]C(C(=O)NC1CC(F)(F)C1)c1ccccc1Cl. The molecule has 2 nitrogen and oxygen atoms in total. The molecule has 0 aliphatic heterocycles. The number of halogens is 3. The molecule has 1 aromatic rings. The fraction of sp³-hybridized carbons (Fsp3) is 0.417. The Morgan fingerprint density at radius 1 is 1.44 bits per heavy atom. The van der Waals surface area contributed by atoms with Crippen molar-refractivity contribution in [1.29, 1.82) is 0 Å². The van der Waals surface area contributed by atoms with E-state index in [9.17, 15) is 13.6 Å². The van der Waals surface area contributed by atoms with Gasteiger partial charge in [0.15, 0.2) is 0 Å². The molecular formula is C12H11BClF2NO. The molecule has 6 heteroatoms. The molecule has 0 spiro atoms. The normalized spacial score (nSPS) is 19.9. The summed E-state index contributed by atoms with van der Waals surface area (Å²) in [7, 11) is 5.75. The van der Waals surface area contributed by atoms with Gasteiger partial charge in [-0.2, -0.15) is 0 Å². The first-order valence-electron chi connectivity index (χ1n) is 5.57. The van der Waals surface area contributed by atoms with E-state index in [0.29, 0.717) is 10.6 Å². The molecule has 0 heterocycles. The lowest BCUT2D eigenvalue weighted by Gasteiger charge is -2.36. The van der Waals surface area contributed by atoms with Crippen molar-refractivity contribution in [3.8, 4) is 0 Å². The lowest BCUT2D eigenvalue weighted by Crippen LogP contribution is -2.51. The first-order chi connectivity index (χ1) is 8.39. The van der Waals surface area contributed by atoms with Crippen LogP contribution in [-0.2, 0) is 4.79 Å². The Labute approximate surface area is 110 Å². The van der Waals surface area contributed by atoms with Crippen molar-refractivity contribution in [2.24, 2.45) is 0 Å². The zero-order valence-electron chi connectivity index (χ0n) is 9.50. The van der Waals surface area contributed by atoms with E-state index in [1.54, 1.807) is 24.3 Å². The Hall–Kier alpha value is -1.10. The molecule has 1 aromatic carbocycles. The minimum absolute atomic E-state index is 0.325. The van der Waals surface area contributed by atoms with Gasteiger partial charge in [0.25, 0.3) is 5.92 Å². The second-order valence-corrected chi connectivity index (χ2v) is 4.88. The fourth-order valence-corrected chi connectivity index (χ4v) is 2.18. The van der Waals surface area contributed by atoms with Gasteiger partial charge < -0.3 is 5.32 Å². The second kappa shape index (κ2) is 4.88. The largest absolute Gasteiger partial charge is 0.353 e. The summed E-state index contributed by atoms with van der Waals surface area (Å²) in [6, 6.07) is 6.21. The van der Waals surface area contributed by atoms with Gasteiger partial charge in [0.2, 0.25) is 5.91 Å². The third kappa shape index (κ3) is 2.83. The highest BCUT2D eigenvalue weighted by Crippen LogP contribution is 2.37. The molecule has 0 saturated heterocycles. The molecule has 18 heavy (non-hydrogen) atoms. The minimum atomic E-state index is -2.66. The van der Waals surface area contributed by atoms with Gasteiger partial charge in [-0.25, -0.2) is 8.78 Å². The predicted octanol–water partition coefficient (Wildman–Crippen LogP) is 2.46. The summed E-state index contributed by atoms with van der Waals surface area (Å²) in [5.41, 5.74) is 0.489. The summed E-state index contributed by atoms with van der Waals surface area (Å²) in [6.07, 6.45) is -0.651. The summed E-state index contributed by atoms with van der Waals surface area (Å²) < 4.78 is 25.2. The number of nitrogens with one attached hydrogen (secondary N) is 1. The number of hydrogen-bond acceptors (Lipinski definition) is 1. The number of rotatable bonds is 3. The molecule has 0 bridgehead atoms. The zero-order valence-corrected chi connectivity index (χ0v) is 10.3. The molecular weight excluding hydrogens is 258 g/mol. The topological polar surface area (TPSA) is 29.1 Å². The molecule has 94 valence electrons. The third-order valence-electron chi connectivity index (χ3n) is 2.96. The molecule has 2 radical (unpaired) electrons. The third-order valence-corrected chi connectivity index (χ3v) is 3.30. The van der Waals surface area contributed by atoms with Crippen LogP contribution in [0.5, 0.6) is 0 Å². The standard InChI is InChI=1S/C12H11BClF2NO/c13-10(8-3-1-2-4-9(8)14)11(18)17-7-5-12(15,16)6-7/h1-4,7,10H,5-6H2,(H,17,18). The van der Waals surface area contributed by atoms with E-state index in [0.717, 1.165) is 0 Å². The molecule has 0 aromatic heterocycles. The molecule has 2 rings (SSSR count). The minimum Gasteiger partial charge on any atom is -0.353 e. The Morgan fingerprint density at radius 3 is 2.61 bits per heavy atom. The zero-order chi connectivity index (χ0) is 13.3. The quantitative estimate of drug-likeness (QED) is 0.839. The number of alkyl halides is 2. The van der Waals surface area contributed by atoms with Crippen LogP contribution in [0.4, 0.5) is 8.78 Å². The average Bonchev–Trinajstić information content (AvgIpc) is 2.26. The first-order valence-corrected chi connectivity index (χ1v) is 5.95. The molecule has 1 atom stereocenters. The van der Waals surface area contributed by atoms with Crippen LogP contribution in [0.25, 0.3) is 0 Å². The second-order valence-electron chi connectivity index (χ2n) is 4.47. The number of carbonyl (C=O) groups is 1. The highest BCUT2D eigenvalue weighted by atomic mass is 35.5. The molecule has 1 aliphatic rings. The maximum absolute atomic E-state index is 12.6. The lowest BCUT2D eigenvalue weighted by atomic mass is 9.79. The van der Waals surface area contributed by atoms with Crippen LogP contribution in [0.1, 0.15) is 24.2 Å². The molecule has 1 aliphatic carbocycles. The first kappa shape index (κ1) is 13.3. The van der Waals surface area contributed by atoms with E-state index in [2.05, 4.69) is 5.32 Å². The summed E-state index contributed by atoms with van der Waals surface area (Å²) >= 11 is 5.91. The Bertz CT molecular complexity index is 461. The van der Waals surface area contributed by atoms with Gasteiger partial charge >= 0.3 is 0 Å². The lowest BCUT2D eigenvalue weighted by molar-refractivity contribution is -0.128. The number of benzene rings is 1. The number of hydrogen-bond donors (Lipinski definition) is 1. The van der Waals surface area contributed by atoms with Crippen LogP contribution in [0.2, 0.25) is 5.02 Å². The number of amides is 1. The van der Waals surface area contributed by atoms with E-state index in [-0.39, 0.29) is 12.8 Å². The van der Waals surface area contributed by atoms with E-state index in [4.69, 9.17) is 19.4 Å². The van der Waals surface area contributed by atoms with Gasteiger partial charge in [0, 0.05) is 29.7 Å². The van der Waals surface area contributed by atoms with Gasteiger partial charge in [-0.05, 0) is 11.6 Å². The van der Waals surface area contributed by atoms with Crippen molar-refractivity contribution in [2.45, 2.75) is 30.6 Å². The van der Waals surface area contributed by atoms with Crippen molar-refractivity contribution in [3.63, 3.8) is 0 Å². The van der Waals surface area contributed by atoms with Crippen molar-refractivity contribution in [2.75, 3.05) is 0 Å². The highest BCUT2D eigenvalue weighted by molar-refractivity contribution is 6.33. The van der Waals surface area contributed by atoms with Crippen molar-refractivity contribution in [3.05, 3.63) is 34.9 Å². The fourth-order valence-electron chi connectivity index (χ4n) is 1.92. The molecule has 1 amide bonds. The highest BCUT2D eigenvalue weighted by Gasteiger charge is 2.46. The predicted molar refractivity (Wildman–Crippen MR) is 66.1 cm³/mol. The molecule has 1 fully saturated rings. The Morgan fingerprint density at radius 2 is 2.06 bits per heavy atom. The summed E-state index contributed by atoms with van der Waals surface area (Å²) in [4.78, 5) is 11.8. The van der Waals surface area contributed by atoms with Crippen LogP contribution in [0.15, 0.2) is 24.3 Å².